The molecule has 202 valence electrons. The van der Waals surface area contributed by atoms with Crippen LogP contribution < -0.4 is 0 Å². The van der Waals surface area contributed by atoms with Crippen molar-refractivity contribution in [2.75, 3.05) is 13.2 Å². The van der Waals surface area contributed by atoms with Gasteiger partial charge in [0, 0.05) is 23.0 Å². The molecule has 0 aromatic heterocycles. The van der Waals surface area contributed by atoms with E-state index < -0.39 is 11.4 Å². The van der Waals surface area contributed by atoms with Gasteiger partial charge in [-0.2, -0.15) is 0 Å². The highest BCUT2D eigenvalue weighted by atomic mass is 16.5. The van der Waals surface area contributed by atoms with Crippen LogP contribution in [-0.4, -0.2) is 37.0 Å². The molecule has 0 heterocycles. The van der Waals surface area contributed by atoms with Crippen LogP contribution in [0.1, 0.15) is 69.3 Å². The van der Waals surface area contributed by atoms with E-state index in [1.54, 1.807) is 26.0 Å². The Balaban J connectivity index is 1.76. The standard InChI is InChI=1S/C32H38O6/c1-5-36-28(34)19-32-21-31(3,4)29(38-20-22-13-9-7-10-14-22)26(32)17-24(30(35)37-6-2)25(32)18-27(33)23-15-11-8-12-16-23/h7-16,26,29H,5-6,17-21H2,1-4H3/t26-,29-,32-/m0/s1. The van der Waals surface area contributed by atoms with Crippen LogP contribution in [0.2, 0.25) is 0 Å². The zero-order valence-corrected chi connectivity index (χ0v) is 22.8. The number of Topliss-reactive ketones (excluding diaryl/α,β-unsaturated/α-hetero) is 1. The first-order valence-electron chi connectivity index (χ1n) is 13.5. The van der Waals surface area contributed by atoms with Crippen LogP contribution >= 0.6 is 0 Å². The number of ketones is 1. The summed E-state index contributed by atoms with van der Waals surface area (Å²) in [5.74, 6) is -0.992. The van der Waals surface area contributed by atoms with Crippen LogP contribution in [0.5, 0.6) is 0 Å². The summed E-state index contributed by atoms with van der Waals surface area (Å²) < 4.78 is 17.5. The van der Waals surface area contributed by atoms with Gasteiger partial charge in [-0.3, -0.25) is 9.59 Å². The van der Waals surface area contributed by atoms with Gasteiger partial charge in [-0.15, -0.1) is 0 Å². The smallest absolute Gasteiger partial charge is 0.333 e. The van der Waals surface area contributed by atoms with Crippen molar-refractivity contribution in [1.82, 2.24) is 0 Å². The first-order valence-corrected chi connectivity index (χ1v) is 13.5. The van der Waals surface area contributed by atoms with E-state index in [1.807, 2.05) is 48.5 Å². The second-order valence-corrected chi connectivity index (χ2v) is 11.0. The number of carbonyl (C=O) groups is 3. The second-order valence-electron chi connectivity index (χ2n) is 11.0. The van der Waals surface area contributed by atoms with E-state index in [2.05, 4.69) is 13.8 Å². The molecule has 2 aliphatic rings. The number of rotatable bonds is 11. The van der Waals surface area contributed by atoms with Gasteiger partial charge < -0.3 is 14.2 Å². The van der Waals surface area contributed by atoms with E-state index in [-0.39, 0.29) is 55.2 Å². The van der Waals surface area contributed by atoms with Crippen LogP contribution in [0.4, 0.5) is 0 Å². The van der Waals surface area contributed by atoms with Gasteiger partial charge in [0.25, 0.3) is 0 Å². The van der Waals surface area contributed by atoms with Gasteiger partial charge in [-0.25, -0.2) is 4.79 Å². The van der Waals surface area contributed by atoms with Crippen LogP contribution in [0.25, 0.3) is 0 Å². The average molecular weight is 519 g/mol. The molecule has 38 heavy (non-hydrogen) atoms. The first-order chi connectivity index (χ1) is 18.2. The molecule has 0 N–H and O–H groups in total. The number of allylic oxidation sites excluding steroid dienone is 1. The number of hydrogen-bond acceptors (Lipinski definition) is 6. The fourth-order valence-electron chi connectivity index (χ4n) is 6.62. The number of hydrogen-bond donors (Lipinski definition) is 0. The maximum atomic E-state index is 13.5. The molecule has 2 aromatic carbocycles. The number of carbonyl (C=O) groups excluding carboxylic acids is 3. The van der Waals surface area contributed by atoms with Crippen LogP contribution in [0, 0.1) is 16.7 Å². The minimum Gasteiger partial charge on any atom is -0.466 e. The van der Waals surface area contributed by atoms with Crippen LogP contribution in [0.3, 0.4) is 0 Å². The molecule has 3 atom stereocenters. The molecule has 0 aliphatic heterocycles. The third-order valence-electron chi connectivity index (χ3n) is 8.00. The molecule has 6 heteroatoms. The van der Waals surface area contributed by atoms with Crippen LogP contribution in [-0.2, 0) is 30.4 Å². The zero-order chi connectivity index (χ0) is 27.3. The van der Waals surface area contributed by atoms with E-state index in [0.29, 0.717) is 36.2 Å². The molecule has 0 spiro atoms. The van der Waals surface area contributed by atoms with Gasteiger partial charge in [0.1, 0.15) is 0 Å². The summed E-state index contributed by atoms with van der Waals surface area (Å²) in [6, 6.07) is 19.0. The molecule has 0 unspecified atom stereocenters. The summed E-state index contributed by atoms with van der Waals surface area (Å²) in [6.45, 7) is 8.77. The lowest BCUT2D eigenvalue weighted by Gasteiger charge is -2.33. The molecular formula is C32H38O6. The van der Waals surface area contributed by atoms with E-state index in [1.165, 1.54) is 0 Å². The van der Waals surface area contributed by atoms with Crippen molar-refractivity contribution in [3.8, 4) is 0 Å². The Morgan fingerprint density at radius 2 is 1.53 bits per heavy atom. The maximum Gasteiger partial charge on any atom is 0.333 e. The quantitative estimate of drug-likeness (QED) is 0.264. The Hall–Kier alpha value is -3.25. The summed E-state index contributed by atoms with van der Waals surface area (Å²) >= 11 is 0. The summed E-state index contributed by atoms with van der Waals surface area (Å²) in [5.41, 5.74) is 1.82. The van der Waals surface area contributed by atoms with Gasteiger partial charge >= 0.3 is 11.9 Å². The topological polar surface area (TPSA) is 78.9 Å². The predicted octanol–water partition coefficient (Wildman–Crippen LogP) is 6.09. The van der Waals surface area contributed by atoms with E-state index >= 15 is 0 Å². The fourth-order valence-corrected chi connectivity index (χ4v) is 6.62. The molecule has 4 rings (SSSR count). The molecule has 2 aromatic rings. The number of esters is 2. The Labute approximate surface area is 225 Å². The highest BCUT2D eigenvalue weighted by molar-refractivity contribution is 6.00. The SMILES string of the molecule is CCOC(=O)C[C@@]12CC(C)(C)[C@@H](OCc3ccccc3)[C@@H]1CC(C(=O)OCC)=C2CC(=O)c1ccccc1. The molecule has 2 aliphatic carbocycles. The van der Waals surface area contributed by atoms with E-state index in [0.717, 1.165) is 5.56 Å². The van der Waals surface area contributed by atoms with Crippen molar-refractivity contribution in [2.24, 2.45) is 16.7 Å². The average Bonchev–Trinajstić information content (AvgIpc) is 3.29. The van der Waals surface area contributed by atoms with Gasteiger partial charge in [0.2, 0.25) is 0 Å². The Kier molecular flexibility index (Phi) is 8.51. The molecule has 1 saturated carbocycles. The summed E-state index contributed by atoms with van der Waals surface area (Å²) in [6.07, 6.45) is 0.920. The van der Waals surface area contributed by atoms with Crippen molar-refractivity contribution in [3.05, 3.63) is 82.9 Å². The predicted molar refractivity (Wildman–Crippen MR) is 144 cm³/mol. The van der Waals surface area contributed by atoms with E-state index in [4.69, 9.17) is 14.2 Å². The third kappa shape index (κ3) is 5.60. The monoisotopic (exact) mass is 518 g/mol. The minimum atomic E-state index is -0.732. The zero-order valence-electron chi connectivity index (χ0n) is 22.8. The molecule has 6 nitrogen and oxygen atoms in total. The Morgan fingerprint density at radius 1 is 0.895 bits per heavy atom. The molecule has 0 saturated heterocycles. The van der Waals surface area contributed by atoms with E-state index in [9.17, 15) is 14.4 Å². The highest BCUT2D eigenvalue weighted by Gasteiger charge is 2.64. The summed E-state index contributed by atoms with van der Waals surface area (Å²) in [7, 11) is 0. The lowest BCUT2D eigenvalue weighted by Crippen LogP contribution is -2.34. The summed E-state index contributed by atoms with van der Waals surface area (Å²) in [4.78, 5) is 39.8. The highest BCUT2D eigenvalue weighted by Crippen LogP contribution is 2.66. The molecule has 0 amide bonds. The number of fused-ring (bicyclic) bond motifs is 1. The number of benzene rings is 2. The van der Waals surface area contributed by atoms with Crippen molar-refractivity contribution < 1.29 is 28.6 Å². The minimum absolute atomic E-state index is 0.0511. The van der Waals surface area contributed by atoms with Gasteiger partial charge in [0.15, 0.2) is 5.78 Å². The van der Waals surface area contributed by atoms with Crippen molar-refractivity contribution >= 4 is 17.7 Å². The van der Waals surface area contributed by atoms with Crippen molar-refractivity contribution in [1.29, 1.82) is 0 Å². The van der Waals surface area contributed by atoms with Crippen molar-refractivity contribution in [3.63, 3.8) is 0 Å². The second kappa shape index (κ2) is 11.6. The van der Waals surface area contributed by atoms with Gasteiger partial charge in [0.05, 0.1) is 32.3 Å². The fraction of sp³-hybridized carbons (Fsp3) is 0.469. The molecular weight excluding hydrogens is 480 g/mol. The molecule has 1 fully saturated rings. The normalized spacial score (nSPS) is 23.7. The van der Waals surface area contributed by atoms with Gasteiger partial charge in [-0.1, -0.05) is 74.5 Å². The molecule has 0 bridgehead atoms. The third-order valence-corrected chi connectivity index (χ3v) is 8.00. The maximum absolute atomic E-state index is 13.5. The molecule has 0 radical (unpaired) electrons. The van der Waals surface area contributed by atoms with Crippen LogP contribution in [0.15, 0.2) is 71.8 Å². The largest absolute Gasteiger partial charge is 0.466 e. The Bertz CT molecular complexity index is 1180. The first kappa shape index (κ1) is 27.8. The lowest BCUT2D eigenvalue weighted by atomic mass is 9.70. The summed E-state index contributed by atoms with van der Waals surface area (Å²) in [5, 5.41) is 0. The Morgan fingerprint density at radius 3 is 2.16 bits per heavy atom. The lowest BCUT2D eigenvalue weighted by molar-refractivity contribution is -0.146. The van der Waals surface area contributed by atoms with Crippen molar-refractivity contribution in [2.45, 2.75) is 66.1 Å². The number of ether oxygens (including phenoxy) is 3. The van der Waals surface area contributed by atoms with Gasteiger partial charge in [-0.05, 0) is 49.2 Å².